The van der Waals surface area contributed by atoms with E-state index in [0.29, 0.717) is 6.42 Å². The molecule has 3 rings (SSSR count). The number of rotatable bonds is 8. The fourth-order valence-corrected chi connectivity index (χ4v) is 9.86. The highest BCUT2D eigenvalue weighted by Gasteiger charge is 2.46. The molecule has 0 bridgehead atoms. The minimum absolute atomic E-state index is 0.00764. The molecule has 0 fully saturated rings. The summed E-state index contributed by atoms with van der Waals surface area (Å²) in [7, 11) is -2.64. The molecule has 1 atom stereocenters. The first kappa shape index (κ1) is 23.0. The first-order valence-corrected chi connectivity index (χ1v) is 12.9. The largest absolute Gasteiger partial charge is 0.460 e. The lowest BCUT2D eigenvalue weighted by atomic mass is 10.2. The molecule has 0 radical (unpaired) electrons. The summed E-state index contributed by atoms with van der Waals surface area (Å²) in [6.07, 6.45) is 0.847. The quantitative estimate of drug-likeness (QED) is 0.336. The zero-order valence-corrected chi connectivity index (χ0v) is 19.6. The summed E-state index contributed by atoms with van der Waals surface area (Å²) in [5.41, 5.74) is -0.592. The fraction of sp³-hybridized carbons (Fsp3) is 0.296. The Morgan fingerprint density at radius 2 is 1.19 bits per heavy atom. The van der Waals surface area contributed by atoms with Gasteiger partial charge in [-0.2, -0.15) is 0 Å². The van der Waals surface area contributed by atoms with Crippen molar-refractivity contribution in [3.8, 4) is 0 Å². The number of benzene rings is 3. The summed E-state index contributed by atoms with van der Waals surface area (Å²) in [6.45, 7) is 5.65. The number of ether oxygens (including phenoxy) is 1. The third-order valence-electron chi connectivity index (χ3n) is 5.64. The van der Waals surface area contributed by atoms with Crippen molar-refractivity contribution in [3.05, 3.63) is 91.0 Å². The minimum atomic E-state index is -2.64. The molecule has 0 aliphatic rings. The van der Waals surface area contributed by atoms with Crippen LogP contribution < -0.4 is 15.6 Å². The minimum Gasteiger partial charge on any atom is -0.460 e. The Morgan fingerprint density at radius 1 is 0.806 bits per heavy atom. The van der Waals surface area contributed by atoms with Gasteiger partial charge in [0, 0.05) is 13.0 Å². The molecule has 0 saturated carbocycles. The van der Waals surface area contributed by atoms with E-state index >= 15 is 0 Å². The van der Waals surface area contributed by atoms with Crippen LogP contribution in [0, 0.1) is 0 Å². The van der Waals surface area contributed by atoms with Crippen LogP contribution in [-0.4, -0.2) is 31.4 Å². The summed E-state index contributed by atoms with van der Waals surface area (Å²) in [6, 6.07) is 31.4. The topological polar surface area (TPSA) is 46.5 Å². The van der Waals surface area contributed by atoms with Crippen molar-refractivity contribution >= 4 is 29.6 Å². The predicted molar refractivity (Wildman–Crippen MR) is 130 cm³/mol. The van der Waals surface area contributed by atoms with Crippen LogP contribution in [0.2, 0.25) is 5.54 Å². The highest BCUT2D eigenvalue weighted by atomic mass is 28.3. The molecular formula is C27H32O3Si. The molecule has 3 nitrogen and oxygen atoms in total. The fourth-order valence-electron chi connectivity index (χ4n) is 4.44. The molecule has 4 heteroatoms. The maximum absolute atomic E-state index is 12.5. The summed E-state index contributed by atoms with van der Waals surface area (Å²) in [5.74, 6) is -0.219. The molecule has 0 aliphatic heterocycles. The highest BCUT2D eigenvalue weighted by Crippen LogP contribution is 2.28. The van der Waals surface area contributed by atoms with Gasteiger partial charge >= 0.3 is 5.97 Å². The van der Waals surface area contributed by atoms with E-state index in [4.69, 9.17) is 4.74 Å². The zero-order chi connectivity index (χ0) is 22.3. The molecule has 0 aromatic heterocycles. The van der Waals surface area contributed by atoms with Crippen LogP contribution in [0.4, 0.5) is 0 Å². The van der Waals surface area contributed by atoms with E-state index < -0.39 is 13.7 Å². The van der Waals surface area contributed by atoms with Crippen LogP contribution in [0.25, 0.3) is 0 Å². The van der Waals surface area contributed by atoms with Crippen molar-refractivity contribution in [2.45, 2.75) is 44.8 Å². The van der Waals surface area contributed by atoms with Crippen LogP contribution in [0.3, 0.4) is 0 Å². The van der Waals surface area contributed by atoms with Gasteiger partial charge in [-0.3, -0.25) is 4.79 Å². The van der Waals surface area contributed by atoms with E-state index in [1.165, 1.54) is 15.6 Å². The first-order valence-electron chi connectivity index (χ1n) is 10.9. The van der Waals surface area contributed by atoms with Gasteiger partial charge in [0.05, 0.1) is 0 Å². The molecule has 31 heavy (non-hydrogen) atoms. The Kier molecular flexibility index (Phi) is 7.47. The number of aliphatic hydroxyl groups excluding tert-OH is 1. The van der Waals surface area contributed by atoms with Crippen molar-refractivity contribution in [2.24, 2.45) is 0 Å². The number of hydrogen-bond donors (Lipinski definition) is 1. The average Bonchev–Trinajstić information content (AvgIpc) is 2.77. The molecule has 1 unspecified atom stereocenters. The van der Waals surface area contributed by atoms with Gasteiger partial charge in [-0.05, 0) is 48.3 Å². The Hall–Kier alpha value is -2.69. The maximum atomic E-state index is 12.5. The molecule has 0 heterocycles. The first-order chi connectivity index (χ1) is 14.9. The van der Waals surface area contributed by atoms with Gasteiger partial charge in [0.1, 0.15) is 5.60 Å². The highest BCUT2D eigenvalue weighted by molar-refractivity contribution is 7.12. The lowest BCUT2D eigenvalue weighted by Crippen LogP contribution is -2.70. The van der Waals surface area contributed by atoms with Crippen molar-refractivity contribution < 1.29 is 14.6 Å². The van der Waals surface area contributed by atoms with E-state index in [2.05, 4.69) is 72.8 Å². The van der Waals surface area contributed by atoms with Gasteiger partial charge in [-0.1, -0.05) is 91.0 Å². The van der Waals surface area contributed by atoms with Crippen LogP contribution in [0.15, 0.2) is 91.0 Å². The molecule has 0 aliphatic carbocycles. The molecular weight excluding hydrogens is 400 g/mol. The van der Waals surface area contributed by atoms with Crippen molar-refractivity contribution in [3.63, 3.8) is 0 Å². The van der Waals surface area contributed by atoms with Crippen LogP contribution >= 0.6 is 0 Å². The lowest BCUT2D eigenvalue weighted by Gasteiger charge is -2.40. The number of carbonyl (C=O) groups excluding carboxylic acids is 1. The van der Waals surface area contributed by atoms with E-state index in [9.17, 15) is 9.90 Å². The predicted octanol–water partition coefficient (Wildman–Crippen LogP) is 3.64. The third kappa shape index (κ3) is 5.33. The van der Waals surface area contributed by atoms with E-state index in [-0.39, 0.29) is 24.5 Å². The van der Waals surface area contributed by atoms with Crippen LogP contribution in [0.1, 0.15) is 33.6 Å². The summed E-state index contributed by atoms with van der Waals surface area (Å²) >= 11 is 0. The normalized spacial score (nSPS) is 12.9. The standard InChI is InChI=1S/C27H32O3Si/c1-27(2,3)30-26(29)20-19-25(21-28)31(22-13-7-4-8-14-22,23-15-9-5-10-16-23)24-17-11-6-12-18-24/h4-18,25,28H,19-21H2,1-3H3. The monoisotopic (exact) mass is 432 g/mol. The van der Waals surface area contributed by atoms with Gasteiger partial charge in [-0.25, -0.2) is 0 Å². The second-order valence-corrected chi connectivity index (χ2v) is 13.1. The Morgan fingerprint density at radius 3 is 1.52 bits per heavy atom. The Labute approximate surface area is 186 Å². The van der Waals surface area contributed by atoms with E-state index in [0.717, 1.165) is 0 Å². The number of aliphatic hydroxyl groups is 1. The second kappa shape index (κ2) is 10.1. The van der Waals surface area contributed by atoms with Crippen molar-refractivity contribution in [2.75, 3.05) is 6.61 Å². The zero-order valence-electron chi connectivity index (χ0n) is 18.6. The van der Waals surface area contributed by atoms with E-state index in [1.807, 2.05) is 39.0 Å². The molecule has 0 amide bonds. The molecule has 0 spiro atoms. The summed E-state index contributed by atoms with van der Waals surface area (Å²) in [5, 5.41) is 14.4. The molecule has 1 N–H and O–H groups in total. The molecule has 0 saturated heterocycles. The Balaban J connectivity index is 2.13. The molecule has 3 aromatic carbocycles. The SMILES string of the molecule is CC(C)(C)OC(=O)CCC(CO)[Si](c1ccccc1)(c1ccccc1)c1ccccc1. The number of esters is 1. The van der Waals surface area contributed by atoms with Gasteiger partial charge in [-0.15, -0.1) is 0 Å². The third-order valence-corrected chi connectivity index (χ3v) is 11.1. The Bertz CT molecular complexity index is 853. The lowest BCUT2D eigenvalue weighted by molar-refractivity contribution is -0.154. The van der Waals surface area contributed by atoms with Gasteiger partial charge in [0.2, 0.25) is 0 Å². The van der Waals surface area contributed by atoms with Gasteiger partial charge in [0.25, 0.3) is 0 Å². The summed E-state index contributed by atoms with van der Waals surface area (Å²) < 4.78 is 5.56. The molecule has 3 aromatic rings. The van der Waals surface area contributed by atoms with Gasteiger partial charge < -0.3 is 9.84 Å². The average molecular weight is 433 g/mol. The van der Waals surface area contributed by atoms with Crippen LogP contribution in [-0.2, 0) is 9.53 Å². The van der Waals surface area contributed by atoms with Crippen LogP contribution in [0.5, 0.6) is 0 Å². The van der Waals surface area contributed by atoms with Crippen molar-refractivity contribution in [1.29, 1.82) is 0 Å². The smallest absolute Gasteiger partial charge is 0.306 e. The van der Waals surface area contributed by atoms with E-state index in [1.54, 1.807) is 0 Å². The van der Waals surface area contributed by atoms with Crippen molar-refractivity contribution in [1.82, 2.24) is 0 Å². The maximum Gasteiger partial charge on any atom is 0.306 e. The molecule has 162 valence electrons. The van der Waals surface area contributed by atoms with Gasteiger partial charge in [0.15, 0.2) is 8.07 Å². The summed E-state index contributed by atoms with van der Waals surface area (Å²) in [4.78, 5) is 12.5. The second-order valence-electron chi connectivity index (χ2n) is 8.91. The number of hydrogen-bond acceptors (Lipinski definition) is 3. The number of carbonyl (C=O) groups is 1.